The van der Waals surface area contributed by atoms with Gasteiger partial charge in [-0.1, -0.05) is 17.3 Å². The van der Waals surface area contributed by atoms with E-state index in [1.807, 2.05) is 0 Å². The van der Waals surface area contributed by atoms with Gasteiger partial charge in [-0.15, -0.1) is 10.2 Å². The highest BCUT2D eigenvalue weighted by Crippen LogP contribution is 2.29. The van der Waals surface area contributed by atoms with E-state index in [1.165, 1.54) is 12.1 Å². The van der Waals surface area contributed by atoms with Crippen LogP contribution in [0.25, 0.3) is 17.1 Å². The smallest absolute Gasteiger partial charge is 0.348 e. The van der Waals surface area contributed by atoms with Crippen LogP contribution < -0.4 is 5.32 Å². The number of hydrogen-bond acceptors (Lipinski definition) is 6. The minimum absolute atomic E-state index is 0.0461. The van der Waals surface area contributed by atoms with E-state index in [1.54, 1.807) is 29.7 Å². The highest BCUT2D eigenvalue weighted by Gasteiger charge is 2.29. The Morgan fingerprint density at radius 3 is 2.60 bits per heavy atom. The molecule has 1 aromatic carbocycles. The molecule has 0 unspecified atom stereocenters. The number of pyridine rings is 1. The van der Waals surface area contributed by atoms with Gasteiger partial charge in [-0.25, -0.2) is 0 Å². The third kappa shape index (κ3) is 4.14. The molecule has 0 fully saturated rings. The largest absolute Gasteiger partial charge is 0.416 e. The minimum Gasteiger partial charge on any atom is -0.348 e. The van der Waals surface area contributed by atoms with Crippen LogP contribution in [0.5, 0.6) is 0 Å². The number of hydrogen-bond donors (Lipinski definition) is 1. The molecule has 11 heteroatoms. The van der Waals surface area contributed by atoms with Crippen LogP contribution in [0.4, 0.5) is 13.2 Å². The molecule has 0 radical (unpaired) electrons. The highest BCUT2D eigenvalue weighted by atomic mass is 19.4. The first-order chi connectivity index (χ1) is 14.3. The van der Waals surface area contributed by atoms with Crippen molar-refractivity contribution in [2.45, 2.75) is 26.1 Å². The predicted molar refractivity (Wildman–Crippen MR) is 98.0 cm³/mol. The third-order valence-corrected chi connectivity index (χ3v) is 4.34. The van der Waals surface area contributed by atoms with Crippen molar-refractivity contribution in [2.75, 3.05) is 0 Å². The summed E-state index contributed by atoms with van der Waals surface area (Å²) in [6.07, 6.45) is -2.73. The molecule has 1 amide bonds. The molecule has 3 aromatic heterocycles. The lowest BCUT2D eigenvalue weighted by molar-refractivity contribution is -0.137. The SMILES string of the molecule is Cc1noc(-c2ccn3c(CNC(=O)Cc4ccc(C(F)(F)F)cc4)nnc3c2)n1. The molecule has 0 atom stereocenters. The van der Waals surface area contributed by atoms with Gasteiger partial charge in [0.2, 0.25) is 5.91 Å². The van der Waals surface area contributed by atoms with Crippen LogP contribution in [-0.2, 0) is 23.9 Å². The van der Waals surface area contributed by atoms with E-state index in [9.17, 15) is 18.0 Å². The van der Waals surface area contributed by atoms with Crippen LogP contribution in [0.3, 0.4) is 0 Å². The summed E-state index contributed by atoms with van der Waals surface area (Å²) in [6, 6.07) is 7.98. The summed E-state index contributed by atoms with van der Waals surface area (Å²) in [6.45, 7) is 1.83. The average molecular weight is 416 g/mol. The molecule has 0 bridgehead atoms. The summed E-state index contributed by atoms with van der Waals surface area (Å²) in [5, 5.41) is 14.6. The second-order valence-electron chi connectivity index (χ2n) is 6.55. The molecule has 4 aromatic rings. The monoisotopic (exact) mass is 416 g/mol. The number of aromatic nitrogens is 5. The normalized spacial score (nSPS) is 11.7. The van der Waals surface area contributed by atoms with E-state index in [2.05, 4.69) is 25.7 Å². The minimum atomic E-state index is -4.41. The van der Waals surface area contributed by atoms with Crippen molar-refractivity contribution in [2.24, 2.45) is 0 Å². The zero-order chi connectivity index (χ0) is 21.3. The number of amides is 1. The molecular formula is C19H15F3N6O2. The molecule has 0 saturated heterocycles. The molecule has 0 saturated carbocycles. The number of alkyl halides is 3. The number of halogens is 3. The van der Waals surface area contributed by atoms with Gasteiger partial charge in [0.1, 0.15) is 0 Å². The number of benzene rings is 1. The van der Waals surface area contributed by atoms with Crippen LogP contribution in [0, 0.1) is 6.92 Å². The molecule has 4 rings (SSSR count). The van der Waals surface area contributed by atoms with Crippen molar-refractivity contribution < 1.29 is 22.5 Å². The number of nitrogens with one attached hydrogen (secondary N) is 1. The van der Waals surface area contributed by atoms with Gasteiger partial charge in [0.25, 0.3) is 5.89 Å². The Labute approximate surface area is 167 Å². The first-order valence-corrected chi connectivity index (χ1v) is 8.87. The maximum absolute atomic E-state index is 12.6. The molecule has 0 spiro atoms. The fourth-order valence-corrected chi connectivity index (χ4v) is 2.85. The Hall–Kier alpha value is -3.76. The van der Waals surface area contributed by atoms with Crippen LogP contribution in [-0.4, -0.2) is 30.6 Å². The summed E-state index contributed by atoms with van der Waals surface area (Å²) in [7, 11) is 0. The van der Waals surface area contributed by atoms with Crippen molar-refractivity contribution in [1.82, 2.24) is 30.1 Å². The van der Waals surface area contributed by atoms with Crippen LogP contribution in [0.1, 0.15) is 22.8 Å². The molecule has 0 aliphatic heterocycles. The third-order valence-electron chi connectivity index (χ3n) is 4.34. The molecule has 30 heavy (non-hydrogen) atoms. The van der Waals surface area contributed by atoms with Gasteiger partial charge < -0.3 is 9.84 Å². The van der Waals surface area contributed by atoms with Crippen molar-refractivity contribution in [3.05, 3.63) is 65.4 Å². The van der Waals surface area contributed by atoms with Crippen molar-refractivity contribution in [1.29, 1.82) is 0 Å². The topological polar surface area (TPSA) is 98.2 Å². The maximum Gasteiger partial charge on any atom is 0.416 e. The molecule has 8 nitrogen and oxygen atoms in total. The number of fused-ring (bicyclic) bond motifs is 1. The number of rotatable bonds is 5. The first kappa shape index (κ1) is 19.6. The van der Waals surface area contributed by atoms with Crippen LogP contribution in [0.15, 0.2) is 47.1 Å². The van der Waals surface area contributed by atoms with Crippen LogP contribution in [0.2, 0.25) is 0 Å². The number of carbonyl (C=O) groups is 1. The Morgan fingerprint density at radius 2 is 1.93 bits per heavy atom. The zero-order valence-electron chi connectivity index (χ0n) is 15.6. The lowest BCUT2D eigenvalue weighted by Crippen LogP contribution is -2.25. The molecule has 0 aliphatic rings. The molecular weight excluding hydrogens is 401 g/mol. The van der Waals surface area contributed by atoms with E-state index >= 15 is 0 Å². The summed E-state index contributed by atoms with van der Waals surface area (Å²) < 4.78 is 44.6. The van der Waals surface area contributed by atoms with Gasteiger partial charge in [-0.05, 0) is 36.8 Å². The van der Waals surface area contributed by atoms with E-state index in [0.717, 1.165) is 12.1 Å². The van der Waals surface area contributed by atoms with Gasteiger partial charge in [0.15, 0.2) is 17.3 Å². The summed E-state index contributed by atoms with van der Waals surface area (Å²) >= 11 is 0. The van der Waals surface area contributed by atoms with Gasteiger partial charge in [0, 0.05) is 11.8 Å². The molecule has 3 heterocycles. The van der Waals surface area contributed by atoms with E-state index in [4.69, 9.17) is 4.52 Å². The fraction of sp³-hybridized carbons (Fsp3) is 0.211. The van der Waals surface area contributed by atoms with Gasteiger partial charge in [-0.2, -0.15) is 18.2 Å². The van der Waals surface area contributed by atoms with Gasteiger partial charge in [-0.3, -0.25) is 9.20 Å². The van der Waals surface area contributed by atoms with Crippen molar-refractivity contribution in [3.8, 4) is 11.5 Å². The summed E-state index contributed by atoms with van der Waals surface area (Å²) in [5.41, 5.74) is 0.950. The lowest BCUT2D eigenvalue weighted by atomic mass is 10.1. The average Bonchev–Trinajstić information content (AvgIpc) is 3.31. The van der Waals surface area contributed by atoms with Crippen molar-refractivity contribution >= 4 is 11.6 Å². The number of aryl methyl sites for hydroxylation is 1. The zero-order valence-corrected chi connectivity index (χ0v) is 15.6. The van der Waals surface area contributed by atoms with E-state index < -0.39 is 11.7 Å². The Morgan fingerprint density at radius 1 is 1.17 bits per heavy atom. The van der Waals surface area contributed by atoms with Gasteiger partial charge >= 0.3 is 6.18 Å². The fourth-order valence-electron chi connectivity index (χ4n) is 2.85. The number of nitrogens with zero attached hydrogens (tertiary/aromatic N) is 5. The molecule has 0 aliphatic carbocycles. The van der Waals surface area contributed by atoms with E-state index in [-0.39, 0.29) is 18.9 Å². The molecule has 1 N–H and O–H groups in total. The second-order valence-corrected chi connectivity index (χ2v) is 6.55. The Balaban J connectivity index is 1.40. The predicted octanol–water partition coefficient (Wildman–Crippen LogP) is 2.97. The standard InChI is InChI=1S/C19H15F3N6O2/c1-11-24-18(30-27-11)13-6-7-28-15(9-13)25-26-16(28)10-23-17(29)8-12-2-4-14(5-3-12)19(20,21)22/h2-7,9H,8,10H2,1H3,(H,23,29). The highest BCUT2D eigenvalue weighted by molar-refractivity contribution is 5.78. The number of carbonyl (C=O) groups excluding carboxylic acids is 1. The van der Waals surface area contributed by atoms with Gasteiger partial charge in [0.05, 0.1) is 18.5 Å². The Kier molecular flexibility index (Phi) is 4.94. The first-order valence-electron chi connectivity index (χ1n) is 8.87. The Bertz CT molecular complexity index is 1200. The van der Waals surface area contributed by atoms with Crippen LogP contribution >= 0.6 is 0 Å². The summed E-state index contributed by atoms with van der Waals surface area (Å²) in [5.74, 6) is 1.04. The quantitative estimate of drug-likeness (QED) is 0.537. The van der Waals surface area contributed by atoms with E-state index in [0.29, 0.717) is 34.3 Å². The summed E-state index contributed by atoms with van der Waals surface area (Å²) in [4.78, 5) is 16.3. The van der Waals surface area contributed by atoms with Crippen molar-refractivity contribution in [3.63, 3.8) is 0 Å². The molecule has 154 valence electrons. The maximum atomic E-state index is 12.6. The lowest BCUT2D eigenvalue weighted by Gasteiger charge is -2.08. The second kappa shape index (κ2) is 7.58.